The van der Waals surface area contributed by atoms with E-state index in [1.165, 1.54) is 11.9 Å². The molecule has 0 radical (unpaired) electrons. The van der Waals surface area contributed by atoms with Crippen molar-refractivity contribution in [2.24, 2.45) is 4.40 Å². The molecule has 0 saturated carbocycles. The van der Waals surface area contributed by atoms with Gasteiger partial charge in [-0.15, -0.1) is 0 Å². The van der Waals surface area contributed by atoms with Crippen molar-refractivity contribution in [2.75, 3.05) is 0 Å². The van der Waals surface area contributed by atoms with Gasteiger partial charge in [0, 0.05) is 17.7 Å². The highest BCUT2D eigenvalue weighted by molar-refractivity contribution is 8.01. The van der Waals surface area contributed by atoms with Gasteiger partial charge in [-0.2, -0.15) is 0 Å². The molecule has 0 aliphatic carbocycles. The van der Waals surface area contributed by atoms with Gasteiger partial charge in [0.05, 0.1) is 0 Å². The molecule has 0 aromatic rings. The Morgan fingerprint density at radius 1 is 1.60 bits per heavy atom. The zero-order valence-electron chi connectivity index (χ0n) is 7.35. The van der Waals surface area contributed by atoms with Gasteiger partial charge in [-0.1, -0.05) is 27.4 Å². The first-order valence-electron chi connectivity index (χ1n) is 3.61. The molecule has 0 spiro atoms. The van der Waals surface area contributed by atoms with Crippen LogP contribution in [-0.4, -0.2) is 5.71 Å². The molecule has 60 valence electrons. The minimum absolute atomic E-state index is 1.03. The van der Waals surface area contributed by atoms with Crippen molar-refractivity contribution < 1.29 is 0 Å². The molecule has 0 aliphatic heterocycles. The van der Waals surface area contributed by atoms with Crippen LogP contribution >= 0.6 is 11.9 Å². The summed E-state index contributed by atoms with van der Waals surface area (Å²) in [7, 11) is 0. The summed E-state index contributed by atoms with van der Waals surface area (Å²) in [5.74, 6) is 0. The Hall–Kier alpha value is -0.240. The SMILES string of the molecule is C=CS/N=C(/C)CC.CC. The van der Waals surface area contributed by atoms with Gasteiger partial charge in [-0.05, 0) is 18.8 Å². The summed E-state index contributed by atoms with van der Waals surface area (Å²) >= 11 is 1.39. The van der Waals surface area contributed by atoms with Crippen LogP contribution in [0.5, 0.6) is 0 Å². The third kappa shape index (κ3) is 10.7. The largest absolute Gasteiger partial charge is 0.221 e. The van der Waals surface area contributed by atoms with Crippen LogP contribution in [0.25, 0.3) is 0 Å². The number of nitrogens with zero attached hydrogens (tertiary/aromatic N) is 1. The van der Waals surface area contributed by atoms with Gasteiger partial charge in [0.2, 0.25) is 0 Å². The van der Waals surface area contributed by atoms with Crippen molar-refractivity contribution in [1.82, 2.24) is 0 Å². The van der Waals surface area contributed by atoms with Crippen molar-refractivity contribution in [3.63, 3.8) is 0 Å². The first-order chi connectivity index (χ1) is 4.81. The van der Waals surface area contributed by atoms with Crippen LogP contribution < -0.4 is 0 Å². The Morgan fingerprint density at radius 3 is 2.40 bits per heavy atom. The van der Waals surface area contributed by atoms with Crippen LogP contribution in [0.1, 0.15) is 34.1 Å². The maximum Gasteiger partial charge on any atom is 0.0232 e. The molecule has 1 nitrogen and oxygen atoms in total. The molecule has 2 heteroatoms. The predicted octanol–water partition coefficient (Wildman–Crippen LogP) is 3.68. The highest BCUT2D eigenvalue weighted by Crippen LogP contribution is 2.02. The smallest absolute Gasteiger partial charge is 0.0232 e. The second-order valence-electron chi connectivity index (χ2n) is 1.45. The lowest BCUT2D eigenvalue weighted by Gasteiger charge is -1.87. The molecular weight excluding hydrogens is 142 g/mol. The molecule has 0 N–H and O–H groups in total. The number of hydrogen-bond donors (Lipinski definition) is 0. The van der Waals surface area contributed by atoms with Crippen LogP contribution in [0.3, 0.4) is 0 Å². The predicted molar refractivity (Wildman–Crippen MR) is 52.5 cm³/mol. The monoisotopic (exact) mass is 159 g/mol. The molecule has 0 fully saturated rings. The molecule has 0 rings (SSSR count). The van der Waals surface area contributed by atoms with Gasteiger partial charge < -0.3 is 0 Å². The molecule has 0 aromatic carbocycles. The first kappa shape index (κ1) is 12.4. The van der Waals surface area contributed by atoms with Gasteiger partial charge in [-0.25, -0.2) is 4.40 Å². The third-order valence-electron chi connectivity index (χ3n) is 0.795. The Balaban J connectivity index is 0. The molecule has 0 saturated heterocycles. The maximum absolute atomic E-state index is 4.08. The van der Waals surface area contributed by atoms with E-state index in [4.69, 9.17) is 0 Å². The fourth-order valence-electron chi connectivity index (χ4n) is 0.192. The average molecular weight is 159 g/mol. The molecule has 0 heterocycles. The normalized spacial score (nSPS) is 9.80. The van der Waals surface area contributed by atoms with Gasteiger partial charge in [0.15, 0.2) is 0 Å². The molecule has 0 aliphatic rings. The van der Waals surface area contributed by atoms with Gasteiger partial charge in [0.1, 0.15) is 0 Å². The van der Waals surface area contributed by atoms with E-state index in [0.29, 0.717) is 0 Å². The molecule has 0 atom stereocenters. The van der Waals surface area contributed by atoms with E-state index in [2.05, 4.69) is 17.9 Å². The second-order valence-corrected chi connectivity index (χ2v) is 2.18. The van der Waals surface area contributed by atoms with E-state index in [1.54, 1.807) is 5.41 Å². The molecule has 0 bridgehead atoms. The fourth-order valence-corrected chi connectivity index (χ4v) is 0.575. The molecule has 0 amide bonds. The lowest BCUT2D eigenvalue weighted by atomic mass is 10.3. The summed E-state index contributed by atoms with van der Waals surface area (Å²) < 4.78 is 4.08. The van der Waals surface area contributed by atoms with Crippen LogP contribution in [0.2, 0.25) is 0 Å². The van der Waals surface area contributed by atoms with Crippen molar-refractivity contribution in [1.29, 1.82) is 0 Å². The van der Waals surface area contributed by atoms with E-state index >= 15 is 0 Å². The molecule has 0 aromatic heterocycles. The molecular formula is C8H17NS. The van der Waals surface area contributed by atoms with Crippen LogP contribution in [0.15, 0.2) is 16.4 Å². The van der Waals surface area contributed by atoms with Crippen molar-refractivity contribution in [3.8, 4) is 0 Å². The van der Waals surface area contributed by atoms with Gasteiger partial charge >= 0.3 is 0 Å². The van der Waals surface area contributed by atoms with E-state index < -0.39 is 0 Å². The summed E-state index contributed by atoms with van der Waals surface area (Å²) in [6.07, 6.45) is 1.03. The van der Waals surface area contributed by atoms with Crippen LogP contribution in [0.4, 0.5) is 0 Å². The summed E-state index contributed by atoms with van der Waals surface area (Å²) in [5.41, 5.74) is 1.16. The Bertz CT molecular complexity index is 97.4. The summed E-state index contributed by atoms with van der Waals surface area (Å²) in [4.78, 5) is 0. The standard InChI is InChI=1S/C6H11NS.C2H6/c1-4-6(3)7-8-5-2;1-2/h5H,2,4H2,1,3H3;1-2H3/b7-6-;. The van der Waals surface area contributed by atoms with E-state index in [9.17, 15) is 0 Å². The Kier molecular flexibility index (Phi) is 14.4. The first-order valence-corrected chi connectivity index (χ1v) is 4.45. The highest BCUT2D eigenvalue weighted by atomic mass is 32.2. The van der Waals surface area contributed by atoms with Crippen LogP contribution in [-0.2, 0) is 0 Å². The fraction of sp³-hybridized carbons (Fsp3) is 0.625. The van der Waals surface area contributed by atoms with E-state index in [1.807, 2.05) is 20.8 Å². The minimum Gasteiger partial charge on any atom is -0.221 e. The maximum atomic E-state index is 4.08. The average Bonchev–Trinajstić information content (AvgIpc) is 2.04. The quantitative estimate of drug-likeness (QED) is 0.452. The minimum atomic E-state index is 1.03. The van der Waals surface area contributed by atoms with Crippen LogP contribution in [0, 0.1) is 0 Å². The van der Waals surface area contributed by atoms with E-state index in [0.717, 1.165) is 12.1 Å². The Morgan fingerprint density at radius 2 is 2.10 bits per heavy atom. The summed E-state index contributed by atoms with van der Waals surface area (Å²) in [6.45, 7) is 11.6. The topological polar surface area (TPSA) is 12.4 Å². The lowest BCUT2D eigenvalue weighted by molar-refractivity contribution is 1.27. The number of hydrogen-bond acceptors (Lipinski definition) is 2. The zero-order valence-corrected chi connectivity index (χ0v) is 8.16. The summed E-state index contributed by atoms with van der Waals surface area (Å²) in [5, 5.41) is 1.72. The summed E-state index contributed by atoms with van der Waals surface area (Å²) in [6, 6.07) is 0. The third-order valence-corrected chi connectivity index (χ3v) is 1.36. The molecule has 0 unspecified atom stereocenters. The highest BCUT2D eigenvalue weighted by Gasteiger charge is 1.80. The van der Waals surface area contributed by atoms with Crippen molar-refractivity contribution in [3.05, 3.63) is 12.0 Å². The van der Waals surface area contributed by atoms with E-state index in [-0.39, 0.29) is 0 Å². The van der Waals surface area contributed by atoms with Crippen molar-refractivity contribution in [2.45, 2.75) is 34.1 Å². The zero-order chi connectivity index (χ0) is 8.41. The van der Waals surface area contributed by atoms with Gasteiger partial charge in [-0.3, -0.25) is 0 Å². The Labute approximate surface area is 68.8 Å². The lowest BCUT2D eigenvalue weighted by Crippen LogP contribution is -1.82. The van der Waals surface area contributed by atoms with Gasteiger partial charge in [0.25, 0.3) is 0 Å². The second kappa shape index (κ2) is 11.5. The van der Waals surface area contributed by atoms with Crippen molar-refractivity contribution >= 4 is 17.7 Å². The molecule has 10 heavy (non-hydrogen) atoms. The number of rotatable bonds is 3.